The van der Waals surface area contributed by atoms with Crippen LogP contribution >= 0.6 is 0 Å². The van der Waals surface area contributed by atoms with Crippen molar-refractivity contribution in [3.63, 3.8) is 0 Å². The number of ether oxygens (including phenoxy) is 1. The Morgan fingerprint density at radius 2 is 2.21 bits per heavy atom. The van der Waals surface area contributed by atoms with Crippen molar-refractivity contribution in [1.82, 2.24) is 4.98 Å². The van der Waals surface area contributed by atoms with Crippen molar-refractivity contribution < 1.29 is 4.74 Å². The zero-order chi connectivity index (χ0) is 9.80. The van der Waals surface area contributed by atoms with E-state index in [-0.39, 0.29) is 0 Å². The number of pyridine rings is 1. The molecule has 0 amide bonds. The van der Waals surface area contributed by atoms with Gasteiger partial charge in [-0.15, -0.1) is 0 Å². The summed E-state index contributed by atoms with van der Waals surface area (Å²) in [6, 6.07) is 12.4. The Morgan fingerprint density at radius 3 is 2.93 bits per heavy atom. The minimum absolute atomic E-state index is 0.748. The largest absolute Gasteiger partial charge is 0.456 e. The van der Waals surface area contributed by atoms with E-state index in [4.69, 9.17) is 4.74 Å². The van der Waals surface area contributed by atoms with Gasteiger partial charge < -0.3 is 4.74 Å². The molecule has 2 nitrogen and oxygen atoms in total. The minimum Gasteiger partial charge on any atom is -0.456 e. The SMILES string of the molecule is Cc1[c]ccc(Oc2cccnc2)c1. The van der Waals surface area contributed by atoms with Gasteiger partial charge in [0.05, 0.1) is 6.20 Å². The van der Waals surface area contributed by atoms with Gasteiger partial charge in [-0.2, -0.15) is 0 Å². The molecule has 0 unspecified atom stereocenters. The number of hydrogen-bond acceptors (Lipinski definition) is 2. The second-order valence-electron chi connectivity index (χ2n) is 3.00. The van der Waals surface area contributed by atoms with Gasteiger partial charge in [-0.3, -0.25) is 4.98 Å². The highest BCUT2D eigenvalue weighted by molar-refractivity contribution is 5.31. The first-order valence-electron chi connectivity index (χ1n) is 4.41. The van der Waals surface area contributed by atoms with Gasteiger partial charge >= 0.3 is 0 Å². The van der Waals surface area contributed by atoms with Crippen LogP contribution < -0.4 is 4.74 Å². The predicted molar refractivity (Wildman–Crippen MR) is 54.3 cm³/mol. The van der Waals surface area contributed by atoms with Crippen molar-refractivity contribution in [2.75, 3.05) is 0 Å². The third-order valence-corrected chi connectivity index (χ3v) is 1.79. The van der Waals surface area contributed by atoms with Gasteiger partial charge in [0.2, 0.25) is 0 Å². The molecule has 1 aromatic carbocycles. The molecule has 0 aliphatic rings. The van der Waals surface area contributed by atoms with Crippen LogP contribution in [0.4, 0.5) is 0 Å². The molecular weight excluding hydrogens is 174 g/mol. The molecule has 0 aliphatic carbocycles. The average molecular weight is 184 g/mol. The Kier molecular flexibility index (Phi) is 2.45. The Hall–Kier alpha value is -1.83. The molecule has 2 heteroatoms. The molecule has 0 aliphatic heterocycles. The quantitative estimate of drug-likeness (QED) is 0.715. The van der Waals surface area contributed by atoms with Crippen LogP contribution in [0.25, 0.3) is 0 Å². The van der Waals surface area contributed by atoms with Crippen molar-refractivity contribution in [1.29, 1.82) is 0 Å². The van der Waals surface area contributed by atoms with Crippen molar-refractivity contribution in [2.45, 2.75) is 6.92 Å². The summed E-state index contributed by atoms with van der Waals surface area (Å²) < 4.78 is 5.58. The summed E-state index contributed by atoms with van der Waals surface area (Å²) in [5.74, 6) is 1.56. The fourth-order valence-corrected chi connectivity index (χ4v) is 1.17. The van der Waals surface area contributed by atoms with E-state index in [1.807, 2.05) is 37.3 Å². The van der Waals surface area contributed by atoms with Gasteiger partial charge in [-0.1, -0.05) is 6.07 Å². The fourth-order valence-electron chi connectivity index (χ4n) is 1.17. The number of benzene rings is 1. The number of aryl methyl sites for hydroxylation is 1. The molecule has 1 heterocycles. The van der Waals surface area contributed by atoms with Crippen LogP contribution in [-0.4, -0.2) is 4.98 Å². The number of nitrogens with zero attached hydrogens (tertiary/aromatic N) is 1. The number of rotatable bonds is 2. The normalized spacial score (nSPS) is 9.79. The maximum absolute atomic E-state index is 5.58. The summed E-state index contributed by atoms with van der Waals surface area (Å²) in [5.41, 5.74) is 1.06. The van der Waals surface area contributed by atoms with Crippen LogP contribution in [0.1, 0.15) is 5.56 Å². The maximum atomic E-state index is 5.58. The molecule has 0 fully saturated rings. The third-order valence-electron chi connectivity index (χ3n) is 1.79. The van der Waals surface area contributed by atoms with E-state index < -0.39 is 0 Å². The summed E-state index contributed by atoms with van der Waals surface area (Å²) in [7, 11) is 0. The Morgan fingerprint density at radius 1 is 1.29 bits per heavy atom. The van der Waals surface area contributed by atoms with Crippen molar-refractivity contribution in [2.24, 2.45) is 0 Å². The molecule has 0 bridgehead atoms. The predicted octanol–water partition coefficient (Wildman–Crippen LogP) is 2.98. The lowest BCUT2D eigenvalue weighted by molar-refractivity contribution is 0.480. The van der Waals surface area contributed by atoms with Crippen LogP contribution in [0.2, 0.25) is 0 Å². The molecule has 2 aromatic rings. The first kappa shape index (κ1) is 8.75. The molecular formula is C12H10NO. The summed E-state index contributed by atoms with van der Waals surface area (Å²) in [6.07, 6.45) is 3.41. The Bertz CT molecular complexity index is 412. The summed E-state index contributed by atoms with van der Waals surface area (Å²) in [6.45, 7) is 1.98. The average Bonchev–Trinajstić information content (AvgIpc) is 2.19. The molecule has 0 spiro atoms. The fraction of sp³-hybridized carbons (Fsp3) is 0.0833. The van der Waals surface area contributed by atoms with Crippen LogP contribution in [0.15, 0.2) is 42.7 Å². The van der Waals surface area contributed by atoms with Crippen LogP contribution in [0, 0.1) is 13.0 Å². The maximum Gasteiger partial charge on any atom is 0.145 e. The lowest BCUT2D eigenvalue weighted by Crippen LogP contribution is -1.84. The van der Waals surface area contributed by atoms with Gasteiger partial charge in [0.25, 0.3) is 0 Å². The van der Waals surface area contributed by atoms with Gasteiger partial charge in [-0.05, 0) is 42.8 Å². The first-order chi connectivity index (χ1) is 6.84. The van der Waals surface area contributed by atoms with E-state index in [2.05, 4.69) is 11.1 Å². The van der Waals surface area contributed by atoms with E-state index >= 15 is 0 Å². The van der Waals surface area contributed by atoms with E-state index in [0.717, 1.165) is 17.1 Å². The van der Waals surface area contributed by atoms with Crippen molar-refractivity contribution >= 4 is 0 Å². The smallest absolute Gasteiger partial charge is 0.145 e. The monoisotopic (exact) mass is 184 g/mol. The Labute approximate surface area is 83.2 Å². The molecule has 1 aromatic heterocycles. The van der Waals surface area contributed by atoms with Gasteiger partial charge in [-0.25, -0.2) is 0 Å². The highest BCUT2D eigenvalue weighted by Crippen LogP contribution is 2.20. The van der Waals surface area contributed by atoms with Gasteiger partial charge in [0, 0.05) is 6.20 Å². The first-order valence-corrected chi connectivity index (χ1v) is 4.41. The Balaban J connectivity index is 2.19. The van der Waals surface area contributed by atoms with Crippen LogP contribution in [0.3, 0.4) is 0 Å². The molecule has 69 valence electrons. The number of hydrogen-bond donors (Lipinski definition) is 0. The molecule has 0 N–H and O–H groups in total. The molecule has 14 heavy (non-hydrogen) atoms. The summed E-state index contributed by atoms with van der Waals surface area (Å²) in [4.78, 5) is 3.97. The summed E-state index contributed by atoms with van der Waals surface area (Å²) in [5, 5.41) is 0. The highest BCUT2D eigenvalue weighted by Gasteiger charge is 1.95. The van der Waals surface area contributed by atoms with Gasteiger partial charge in [0.1, 0.15) is 11.5 Å². The van der Waals surface area contributed by atoms with E-state index in [9.17, 15) is 0 Å². The van der Waals surface area contributed by atoms with E-state index in [1.54, 1.807) is 12.4 Å². The minimum atomic E-state index is 0.748. The molecule has 1 radical (unpaired) electrons. The van der Waals surface area contributed by atoms with Crippen LogP contribution in [-0.2, 0) is 0 Å². The topological polar surface area (TPSA) is 22.1 Å². The molecule has 0 saturated heterocycles. The van der Waals surface area contributed by atoms with Crippen molar-refractivity contribution in [3.8, 4) is 11.5 Å². The number of aromatic nitrogens is 1. The second kappa shape index (κ2) is 3.92. The highest BCUT2D eigenvalue weighted by atomic mass is 16.5. The van der Waals surface area contributed by atoms with E-state index in [0.29, 0.717) is 0 Å². The lowest BCUT2D eigenvalue weighted by Gasteiger charge is -2.04. The van der Waals surface area contributed by atoms with E-state index in [1.165, 1.54) is 0 Å². The molecule has 0 atom stereocenters. The van der Waals surface area contributed by atoms with Crippen molar-refractivity contribution in [3.05, 3.63) is 54.4 Å². The summed E-state index contributed by atoms with van der Waals surface area (Å²) >= 11 is 0. The standard InChI is InChI=1S/C12H10NO/c1-10-4-2-5-11(8-10)14-12-6-3-7-13-9-12/h2-3,5-9H,1H3. The van der Waals surface area contributed by atoms with Gasteiger partial charge in [0.15, 0.2) is 0 Å². The zero-order valence-corrected chi connectivity index (χ0v) is 7.90. The van der Waals surface area contributed by atoms with Crippen LogP contribution in [0.5, 0.6) is 11.5 Å². The second-order valence-corrected chi connectivity index (χ2v) is 3.00. The lowest BCUT2D eigenvalue weighted by atomic mass is 10.2. The zero-order valence-electron chi connectivity index (χ0n) is 7.90. The third kappa shape index (κ3) is 2.10. The molecule has 2 rings (SSSR count). The molecule has 0 saturated carbocycles.